The van der Waals surface area contributed by atoms with Gasteiger partial charge in [-0.25, -0.2) is 4.98 Å². The predicted molar refractivity (Wildman–Crippen MR) is 85.1 cm³/mol. The Bertz CT molecular complexity index is 676. The normalized spacial score (nSPS) is 26.4. The van der Waals surface area contributed by atoms with Gasteiger partial charge in [-0.2, -0.15) is 0 Å². The molecule has 1 amide bonds. The first-order valence-electron chi connectivity index (χ1n) is 8.19. The number of aromatic nitrogens is 2. The minimum atomic E-state index is -0.181. The van der Waals surface area contributed by atoms with Gasteiger partial charge >= 0.3 is 0 Å². The number of hydrogen-bond donors (Lipinski definition) is 1. The standard InChI is InChI=1S/C17H20N4O3/c22-17(15-6-18-2-3-19-15)20-5-13-11-24-16-9-21(8-14(13)16)7-12-1-4-23-10-12/h1-4,6,10,13-14,16H,5,7-9,11H2,(H,20,22)/t13-,14+,16+/m1/s1. The van der Waals surface area contributed by atoms with Crippen molar-refractivity contribution in [3.05, 3.63) is 48.4 Å². The number of ether oxygens (including phenoxy) is 1. The van der Waals surface area contributed by atoms with Gasteiger partial charge in [0.1, 0.15) is 5.69 Å². The SMILES string of the molecule is O=C(NC[C@@H]1CO[C@H]2CN(Cc3ccoc3)C[C@@H]12)c1cnccn1. The molecule has 0 spiro atoms. The molecule has 4 heterocycles. The van der Waals surface area contributed by atoms with E-state index in [9.17, 15) is 4.79 Å². The number of likely N-dealkylation sites (tertiary alicyclic amines) is 1. The zero-order valence-electron chi connectivity index (χ0n) is 13.3. The van der Waals surface area contributed by atoms with Gasteiger partial charge in [0.15, 0.2) is 0 Å². The van der Waals surface area contributed by atoms with Crippen LogP contribution < -0.4 is 5.32 Å². The Morgan fingerprint density at radius 3 is 3.12 bits per heavy atom. The lowest BCUT2D eigenvalue weighted by Crippen LogP contribution is -2.34. The first kappa shape index (κ1) is 15.3. The van der Waals surface area contributed by atoms with E-state index in [1.54, 1.807) is 18.7 Å². The maximum absolute atomic E-state index is 12.1. The molecule has 7 heteroatoms. The minimum Gasteiger partial charge on any atom is -0.472 e. The molecular formula is C17H20N4O3. The zero-order chi connectivity index (χ0) is 16.4. The van der Waals surface area contributed by atoms with Crippen LogP contribution in [-0.4, -0.2) is 53.1 Å². The maximum Gasteiger partial charge on any atom is 0.271 e. The van der Waals surface area contributed by atoms with E-state index in [1.807, 2.05) is 6.07 Å². The van der Waals surface area contributed by atoms with Crippen molar-refractivity contribution >= 4 is 5.91 Å². The van der Waals surface area contributed by atoms with Crippen LogP contribution in [0.2, 0.25) is 0 Å². The second-order valence-electron chi connectivity index (χ2n) is 6.42. The molecule has 2 fully saturated rings. The van der Waals surface area contributed by atoms with Gasteiger partial charge in [-0.1, -0.05) is 0 Å². The number of nitrogens with zero attached hydrogens (tertiary/aromatic N) is 3. The highest BCUT2D eigenvalue weighted by Crippen LogP contribution is 2.34. The van der Waals surface area contributed by atoms with E-state index in [4.69, 9.17) is 9.15 Å². The van der Waals surface area contributed by atoms with E-state index in [-0.39, 0.29) is 12.0 Å². The topological polar surface area (TPSA) is 80.5 Å². The van der Waals surface area contributed by atoms with Crippen molar-refractivity contribution in [3.63, 3.8) is 0 Å². The summed E-state index contributed by atoms with van der Waals surface area (Å²) in [4.78, 5) is 22.4. The van der Waals surface area contributed by atoms with Crippen molar-refractivity contribution in [2.75, 3.05) is 26.2 Å². The molecule has 0 saturated carbocycles. The minimum absolute atomic E-state index is 0.181. The Balaban J connectivity index is 1.30. The van der Waals surface area contributed by atoms with E-state index in [2.05, 4.69) is 20.2 Å². The van der Waals surface area contributed by atoms with Gasteiger partial charge in [-0.05, 0) is 6.07 Å². The summed E-state index contributed by atoms with van der Waals surface area (Å²) in [5, 5.41) is 2.96. The highest BCUT2D eigenvalue weighted by Gasteiger charge is 2.43. The fraction of sp³-hybridized carbons (Fsp3) is 0.471. The van der Waals surface area contributed by atoms with Gasteiger partial charge in [-0.15, -0.1) is 0 Å². The third-order valence-corrected chi connectivity index (χ3v) is 4.82. The molecule has 2 aliphatic heterocycles. The van der Waals surface area contributed by atoms with Gasteiger partial charge in [0.25, 0.3) is 5.91 Å². The highest BCUT2D eigenvalue weighted by molar-refractivity contribution is 5.91. The molecule has 4 rings (SSSR count). The fourth-order valence-electron chi connectivity index (χ4n) is 3.59. The number of carbonyl (C=O) groups excluding carboxylic acids is 1. The smallest absolute Gasteiger partial charge is 0.271 e. The summed E-state index contributed by atoms with van der Waals surface area (Å²) < 4.78 is 11.1. The van der Waals surface area contributed by atoms with E-state index in [1.165, 1.54) is 18.0 Å². The summed E-state index contributed by atoms with van der Waals surface area (Å²) in [7, 11) is 0. The monoisotopic (exact) mass is 328 g/mol. The summed E-state index contributed by atoms with van der Waals surface area (Å²) in [6, 6.07) is 1.99. The largest absolute Gasteiger partial charge is 0.472 e. The maximum atomic E-state index is 12.1. The van der Waals surface area contributed by atoms with Crippen LogP contribution in [0.4, 0.5) is 0 Å². The number of hydrogen-bond acceptors (Lipinski definition) is 6. The zero-order valence-corrected chi connectivity index (χ0v) is 13.3. The van der Waals surface area contributed by atoms with Crippen molar-refractivity contribution in [1.29, 1.82) is 0 Å². The van der Waals surface area contributed by atoms with Crippen LogP contribution in [0.25, 0.3) is 0 Å². The molecule has 0 bridgehead atoms. The molecule has 126 valence electrons. The molecular weight excluding hydrogens is 308 g/mol. The van der Waals surface area contributed by atoms with Crippen molar-refractivity contribution in [2.24, 2.45) is 11.8 Å². The second kappa shape index (κ2) is 6.70. The number of fused-ring (bicyclic) bond motifs is 1. The lowest BCUT2D eigenvalue weighted by molar-refractivity contribution is 0.0900. The lowest BCUT2D eigenvalue weighted by atomic mass is 9.93. The summed E-state index contributed by atoms with van der Waals surface area (Å²) in [6.45, 7) is 4.11. The van der Waals surface area contributed by atoms with E-state index in [0.29, 0.717) is 30.7 Å². The molecule has 2 aromatic heterocycles. The van der Waals surface area contributed by atoms with Crippen molar-refractivity contribution in [1.82, 2.24) is 20.2 Å². The van der Waals surface area contributed by atoms with Crippen LogP contribution in [0.15, 0.2) is 41.6 Å². The Kier molecular flexibility index (Phi) is 4.27. The number of carbonyl (C=O) groups is 1. The molecule has 0 unspecified atom stereocenters. The molecule has 2 aliphatic rings. The summed E-state index contributed by atoms with van der Waals surface area (Å²) in [6.07, 6.45) is 8.30. The van der Waals surface area contributed by atoms with Gasteiger partial charge in [0.2, 0.25) is 0 Å². The third-order valence-electron chi connectivity index (χ3n) is 4.82. The average Bonchev–Trinajstić information content (AvgIpc) is 3.32. The predicted octanol–water partition coefficient (Wildman–Crippen LogP) is 0.946. The number of nitrogens with one attached hydrogen (secondary N) is 1. The van der Waals surface area contributed by atoms with Gasteiger partial charge in [0.05, 0.1) is 31.4 Å². The molecule has 24 heavy (non-hydrogen) atoms. The Morgan fingerprint density at radius 2 is 2.33 bits per heavy atom. The summed E-state index contributed by atoms with van der Waals surface area (Å²) in [5.74, 6) is 0.615. The van der Waals surface area contributed by atoms with E-state index < -0.39 is 0 Å². The number of amides is 1. The number of furan rings is 1. The van der Waals surface area contributed by atoms with Crippen molar-refractivity contribution < 1.29 is 13.9 Å². The Labute approximate surface area is 140 Å². The van der Waals surface area contributed by atoms with Crippen LogP contribution in [0.5, 0.6) is 0 Å². The molecule has 0 aliphatic carbocycles. The molecule has 1 N–H and O–H groups in total. The lowest BCUT2D eigenvalue weighted by Gasteiger charge is -2.19. The van der Waals surface area contributed by atoms with Gasteiger partial charge < -0.3 is 14.5 Å². The molecule has 0 aromatic carbocycles. The van der Waals surface area contributed by atoms with Crippen LogP contribution in [0.1, 0.15) is 16.1 Å². The van der Waals surface area contributed by atoms with Crippen LogP contribution in [-0.2, 0) is 11.3 Å². The van der Waals surface area contributed by atoms with Gasteiger partial charge in [0, 0.05) is 56.0 Å². The fourth-order valence-corrected chi connectivity index (χ4v) is 3.59. The highest BCUT2D eigenvalue weighted by atomic mass is 16.5. The Hall–Kier alpha value is -2.25. The van der Waals surface area contributed by atoms with Crippen LogP contribution in [0.3, 0.4) is 0 Å². The quantitative estimate of drug-likeness (QED) is 0.880. The van der Waals surface area contributed by atoms with Gasteiger partial charge in [-0.3, -0.25) is 14.7 Å². The second-order valence-corrected chi connectivity index (χ2v) is 6.42. The molecule has 7 nitrogen and oxygen atoms in total. The summed E-state index contributed by atoms with van der Waals surface area (Å²) >= 11 is 0. The third kappa shape index (κ3) is 3.18. The first-order valence-corrected chi connectivity index (χ1v) is 8.19. The molecule has 3 atom stereocenters. The molecule has 2 saturated heterocycles. The average molecular weight is 328 g/mol. The molecule has 2 aromatic rings. The first-order chi connectivity index (χ1) is 11.8. The number of rotatable bonds is 5. The molecule has 0 radical (unpaired) electrons. The Morgan fingerprint density at radius 1 is 1.38 bits per heavy atom. The van der Waals surface area contributed by atoms with E-state index in [0.717, 1.165) is 19.6 Å². The van der Waals surface area contributed by atoms with Crippen molar-refractivity contribution in [2.45, 2.75) is 12.6 Å². The van der Waals surface area contributed by atoms with Crippen LogP contribution in [0, 0.1) is 11.8 Å². The van der Waals surface area contributed by atoms with E-state index >= 15 is 0 Å². The summed E-state index contributed by atoms with van der Waals surface area (Å²) in [5.41, 5.74) is 1.53. The van der Waals surface area contributed by atoms with Crippen LogP contribution >= 0.6 is 0 Å². The van der Waals surface area contributed by atoms with Crippen molar-refractivity contribution in [3.8, 4) is 0 Å².